The number of halogens is 2. The Balaban J connectivity index is 2.25. The molecule has 3 nitrogen and oxygen atoms in total. The van der Waals surface area contributed by atoms with Crippen molar-refractivity contribution in [3.63, 3.8) is 0 Å². The van der Waals surface area contributed by atoms with E-state index in [1.165, 1.54) is 0 Å². The standard InChI is InChI=1S/C11H17BrFN3/c1-7-10(12)9(16(2)15-7)5-11(13,6-14)8-3-4-8/h8H,3-6,14H2,1-2H3. The van der Waals surface area contributed by atoms with Gasteiger partial charge in [0.25, 0.3) is 0 Å². The van der Waals surface area contributed by atoms with Gasteiger partial charge in [0.1, 0.15) is 5.67 Å². The maximum atomic E-state index is 14.6. The van der Waals surface area contributed by atoms with Crippen molar-refractivity contribution in [2.24, 2.45) is 18.7 Å². The minimum atomic E-state index is -1.26. The van der Waals surface area contributed by atoms with Crippen LogP contribution in [-0.2, 0) is 13.5 Å². The molecule has 1 aliphatic rings. The second-order valence-corrected chi connectivity index (χ2v) is 5.45. The largest absolute Gasteiger partial charge is 0.328 e. The summed E-state index contributed by atoms with van der Waals surface area (Å²) in [6, 6.07) is 0. The van der Waals surface area contributed by atoms with Gasteiger partial charge in [-0.05, 0) is 41.6 Å². The summed E-state index contributed by atoms with van der Waals surface area (Å²) in [6.45, 7) is 2.00. The average molecular weight is 290 g/mol. The lowest BCUT2D eigenvalue weighted by molar-refractivity contribution is 0.139. The topological polar surface area (TPSA) is 43.8 Å². The normalized spacial score (nSPS) is 19.8. The first-order chi connectivity index (χ1) is 7.48. The average Bonchev–Trinajstić information content (AvgIpc) is 3.05. The van der Waals surface area contributed by atoms with Crippen molar-refractivity contribution in [3.8, 4) is 0 Å². The van der Waals surface area contributed by atoms with Crippen molar-refractivity contribution < 1.29 is 4.39 Å². The van der Waals surface area contributed by atoms with Gasteiger partial charge < -0.3 is 5.73 Å². The minimum absolute atomic E-state index is 0.0916. The van der Waals surface area contributed by atoms with Crippen molar-refractivity contribution in [2.75, 3.05) is 6.54 Å². The lowest BCUT2D eigenvalue weighted by Crippen LogP contribution is -2.38. The molecule has 1 heterocycles. The van der Waals surface area contributed by atoms with E-state index in [0.29, 0.717) is 6.42 Å². The van der Waals surface area contributed by atoms with E-state index in [1.54, 1.807) is 4.68 Å². The van der Waals surface area contributed by atoms with E-state index in [9.17, 15) is 4.39 Å². The first kappa shape index (κ1) is 12.0. The summed E-state index contributed by atoms with van der Waals surface area (Å²) >= 11 is 3.46. The highest BCUT2D eigenvalue weighted by Gasteiger charge is 2.45. The molecule has 1 atom stereocenters. The van der Waals surface area contributed by atoms with Crippen molar-refractivity contribution in [2.45, 2.75) is 31.9 Å². The number of nitrogens with zero attached hydrogens (tertiary/aromatic N) is 2. The fourth-order valence-corrected chi connectivity index (χ4v) is 2.61. The maximum Gasteiger partial charge on any atom is 0.131 e. The Morgan fingerprint density at radius 3 is 2.62 bits per heavy atom. The summed E-state index contributed by atoms with van der Waals surface area (Å²) in [6.07, 6.45) is 2.27. The fraction of sp³-hybridized carbons (Fsp3) is 0.727. The number of alkyl halides is 1. The predicted molar refractivity (Wildman–Crippen MR) is 65.0 cm³/mol. The molecule has 16 heavy (non-hydrogen) atoms. The number of aryl methyl sites for hydroxylation is 2. The van der Waals surface area contributed by atoms with E-state index >= 15 is 0 Å². The molecule has 90 valence electrons. The minimum Gasteiger partial charge on any atom is -0.328 e. The Bertz CT molecular complexity index is 400. The smallest absolute Gasteiger partial charge is 0.131 e. The third-order valence-corrected chi connectivity index (χ3v) is 4.40. The van der Waals surface area contributed by atoms with Gasteiger partial charge in [-0.1, -0.05) is 0 Å². The molecule has 0 bridgehead atoms. The van der Waals surface area contributed by atoms with Gasteiger partial charge in [0.05, 0.1) is 15.9 Å². The van der Waals surface area contributed by atoms with Gasteiger partial charge >= 0.3 is 0 Å². The van der Waals surface area contributed by atoms with Crippen LogP contribution in [0.5, 0.6) is 0 Å². The monoisotopic (exact) mass is 289 g/mol. The molecule has 1 aromatic heterocycles. The van der Waals surface area contributed by atoms with Crippen LogP contribution in [-0.4, -0.2) is 22.0 Å². The van der Waals surface area contributed by atoms with Crippen LogP contribution in [0.1, 0.15) is 24.2 Å². The molecule has 0 amide bonds. The third-order valence-electron chi connectivity index (χ3n) is 3.37. The summed E-state index contributed by atoms with van der Waals surface area (Å²) in [5, 5.41) is 4.27. The Labute approximate surface area is 103 Å². The Morgan fingerprint density at radius 2 is 2.25 bits per heavy atom. The molecule has 1 aromatic rings. The van der Waals surface area contributed by atoms with Gasteiger partial charge in [-0.25, -0.2) is 4.39 Å². The van der Waals surface area contributed by atoms with Crippen molar-refractivity contribution >= 4 is 15.9 Å². The molecular formula is C11H17BrFN3. The van der Waals surface area contributed by atoms with Crippen LogP contribution in [0.25, 0.3) is 0 Å². The van der Waals surface area contributed by atoms with Crippen LogP contribution in [0.4, 0.5) is 4.39 Å². The Kier molecular flexibility index (Phi) is 3.09. The molecule has 0 saturated heterocycles. The molecule has 0 radical (unpaired) electrons. The van der Waals surface area contributed by atoms with Crippen LogP contribution in [0.2, 0.25) is 0 Å². The highest BCUT2D eigenvalue weighted by Crippen LogP contribution is 2.44. The summed E-state index contributed by atoms with van der Waals surface area (Å²) in [4.78, 5) is 0. The molecule has 5 heteroatoms. The molecule has 1 fully saturated rings. The molecule has 1 saturated carbocycles. The van der Waals surface area contributed by atoms with Crippen molar-refractivity contribution in [1.29, 1.82) is 0 Å². The van der Waals surface area contributed by atoms with E-state index in [-0.39, 0.29) is 12.5 Å². The second kappa shape index (κ2) is 4.11. The summed E-state index contributed by atoms with van der Waals surface area (Å²) in [5.74, 6) is 0.139. The van der Waals surface area contributed by atoms with Crippen molar-refractivity contribution in [1.82, 2.24) is 9.78 Å². The van der Waals surface area contributed by atoms with E-state index in [4.69, 9.17) is 5.73 Å². The quantitative estimate of drug-likeness (QED) is 0.923. The third kappa shape index (κ3) is 2.02. The van der Waals surface area contributed by atoms with Crippen LogP contribution in [0.15, 0.2) is 4.47 Å². The summed E-state index contributed by atoms with van der Waals surface area (Å²) in [7, 11) is 1.84. The van der Waals surface area contributed by atoms with Crippen LogP contribution < -0.4 is 5.73 Å². The molecule has 0 spiro atoms. The van der Waals surface area contributed by atoms with Gasteiger partial charge in [0.15, 0.2) is 0 Å². The van der Waals surface area contributed by atoms with E-state index < -0.39 is 5.67 Å². The lowest BCUT2D eigenvalue weighted by Gasteiger charge is -2.23. The highest BCUT2D eigenvalue weighted by molar-refractivity contribution is 9.10. The molecule has 1 unspecified atom stereocenters. The van der Waals surface area contributed by atoms with E-state index in [1.807, 2.05) is 14.0 Å². The molecule has 2 N–H and O–H groups in total. The zero-order valence-electron chi connectivity index (χ0n) is 9.63. The number of hydrogen-bond acceptors (Lipinski definition) is 2. The van der Waals surface area contributed by atoms with Gasteiger partial charge in [0, 0.05) is 20.0 Å². The zero-order chi connectivity index (χ0) is 11.9. The van der Waals surface area contributed by atoms with Gasteiger partial charge in [-0.2, -0.15) is 5.10 Å². The number of nitrogens with two attached hydrogens (primary N) is 1. The number of rotatable bonds is 4. The SMILES string of the molecule is Cc1nn(C)c(CC(F)(CN)C2CC2)c1Br. The highest BCUT2D eigenvalue weighted by atomic mass is 79.9. The van der Waals surface area contributed by atoms with Crippen LogP contribution >= 0.6 is 15.9 Å². The summed E-state index contributed by atoms with van der Waals surface area (Å²) < 4.78 is 17.2. The predicted octanol–water partition coefficient (Wildman–Crippen LogP) is 2.11. The first-order valence-electron chi connectivity index (χ1n) is 5.55. The summed E-state index contributed by atoms with van der Waals surface area (Å²) in [5.41, 5.74) is 6.12. The van der Waals surface area contributed by atoms with Gasteiger partial charge in [0.2, 0.25) is 0 Å². The maximum absolute atomic E-state index is 14.6. The second-order valence-electron chi connectivity index (χ2n) is 4.66. The molecule has 1 aliphatic carbocycles. The number of hydrogen-bond donors (Lipinski definition) is 1. The van der Waals surface area contributed by atoms with Gasteiger partial charge in [-0.3, -0.25) is 4.68 Å². The molecule has 2 rings (SSSR count). The Hall–Kier alpha value is -0.420. The first-order valence-corrected chi connectivity index (χ1v) is 6.34. The van der Waals surface area contributed by atoms with E-state index in [2.05, 4.69) is 21.0 Å². The zero-order valence-corrected chi connectivity index (χ0v) is 11.2. The van der Waals surface area contributed by atoms with Crippen LogP contribution in [0, 0.1) is 12.8 Å². The van der Waals surface area contributed by atoms with E-state index in [0.717, 1.165) is 28.7 Å². The van der Waals surface area contributed by atoms with Crippen LogP contribution in [0.3, 0.4) is 0 Å². The molecule has 0 aliphatic heterocycles. The molecule has 0 aromatic carbocycles. The van der Waals surface area contributed by atoms with Crippen molar-refractivity contribution in [3.05, 3.63) is 15.9 Å². The fourth-order valence-electron chi connectivity index (χ4n) is 2.13. The lowest BCUT2D eigenvalue weighted by atomic mass is 9.94. The number of aromatic nitrogens is 2. The Morgan fingerprint density at radius 1 is 1.62 bits per heavy atom. The molecular weight excluding hydrogens is 273 g/mol. The van der Waals surface area contributed by atoms with Gasteiger partial charge in [-0.15, -0.1) is 0 Å².